The molecular formula is C24H28N2O3S2. The predicted molar refractivity (Wildman–Crippen MR) is 129 cm³/mol. The molecule has 7 heteroatoms. The molecule has 0 N–H and O–H groups in total. The molecule has 31 heavy (non-hydrogen) atoms. The van der Waals surface area contributed by atoms with Gasteiger partial charge >= 0.3 is 0 Å². The van der Waals surface area contributed by atoms with Crippen molar-refractivity contribution >= 4 is 38.4 Å². The van der Waals surface area contributed by atoms with Crippen molar-refractivity contribution in [2.45, 2.75) is 51.3 Å². The van der Waals surface area contributed by atoms with Gasteiger partial charge in [0.15, 0.2) is 15.0 Å². The second kappa shape index (κ2) is 8.79. The van der Waals surface area contributed by atoms with Gasteiger partial charge in [-0.15, -0.1) is 0 Å². The predicted octanol–water partition coefficient (Wildman–Crippen LogP) is 3.96. The highest BCUT2D eigenvalue weighted by Crippen LogP contribution is 2.43. The van der Waals surface area contributed by atoms with E-state index in [0.717, 1.165) is 40.8 Å². The molecule has 2 saturated heterocycles. The van der Waals surface area contributed by atoms with Crippen LogP contribution in [0.4, 0.5) is 5.69 Å². The lowest BCUT2D eigenvalue weighted by atomic mass is 10.0. The standard InChI is InChI=1S/C24H28N2O3S2/c1-4-18-7-6-8-19(5-2)23(18)26-20-14-31(28,29)15-21(20)30-24(26)25-22(27)13-17-11-9-16(3)10-12-17/h6-12,20-21H,4-5,13-15H2,1-3H3. The van der Waals surface area contributed by atoms with Gasteiger partial charge in [0.05, 0.1) is 24.0 Å². The summed E-state index contributed by atoms with van der Waals surface area (Å²) in [5.41, 5.74) is 5.43. The maximum absolute atomic E-state index is 12.8. The van der Waals surface area contributed by atoms with Gasteiger partial charge < -0.3 is 4.90 Å². The maximum atomic E-state index is 12.8. The third-order valence-corrected chi connectivity index (χ3v) is 9.18. The van der Waals surface area contributed by atoms with Crippen LogP contribution in [0.15, 0.2) is 47.5 Å². The fourth-order valence-electron chi connectivity index (χ4n) is 4.38. The minimum absolute atomic E-state index is 0.0921. The number of benzene rings is 2. The summed E-state index contributed by atoms with van der Waals surface area (Å²) in [6.07, 6.45) is 1.90. The number of nitrogens with zero attached hydrogens (tertiary/aromatic N) is 2. The Hall–Kier alpha value is -2.12. The quantitative estimate of drug-likeness (QED) is 0.681. The molecule has 1 amide bonds. The number of anilines is 1. The zero-order valence-corrected chi connectivity index (χ0v) is 19.8. The summed E-state index contributed by atoms with van der Waals surface area (Å²) >= 11 is 1.44. The van der Waals surface area contributed by atoms with Gasteiger partial charge in [0, 0.05) is 10.9 Å². The Morgan fingerprint density at radius 3 is 2.32 bits per heavy atom. The SMILES string of the molecule is CCc1cccc(CC)c1N1C(=NC(=O)Cc2ccc(C)cc2)SC2CS(=O)(=O)CC21. The van der Waals surface area contributed by atoms with Crippen LogP contribution in [0.2, 0.25) is 0 Å². The fraction of sp³-hybridized carbons (Fsp3) is 0.417. The number of carbonyl (C=O) groups excluding carboxylic acids is 1. The summed E-state index contributed by atoms with van der Waals surface area (Å²) < 4.78 is 24.8. The number of thioether (sulfide) groups is 1. The van der Waals surface area contributed by atoms with E-state index in [9.17, 15) is 13.2 Å². The molecule has 2 aromatic rings. The van der Waals surface area contributed by atoms with Crippen molar-refractivity contribution in [1.82, 2.24) is 0 Å². The molecule has 2 aromatic carbocycles. The Bertz CT molecular complexity index is 1100. The number of aryl methyl sites for hydroxylation is 3. The second-order valence-electron chi connectivity index (χ2n) is 8.25. The zero-order valence-electron chi connectivity index (χ0n) is 18.2. The molecule has 2 unspecified atom stereocenters. The summed E-state index contributed by atoms with van der Waals surface area (Å²) in [6.45, 7) is 6.22. The summed E-state index contributed by atoms with van der Waals surface area (Å²) in [5.74, 6) is 0.0442. The van der Waals surface area contributed by atoms with Crippen LogP contribution in [0.5, 0.6) is 0 Å². The molecule has 0 saturated carbocycles. The van der Waals surface area contributed by atoms with Crippen molar-refractivity contribution < 1.29 is 13.2 Å². The third kappa shape index (κ3) is 4.58. The van der Waals surface area contributed by atoms with E-state index >= 15 is 0 Å². The van der Waals surface area contributed by atoms with Crippen molar-refractivity contribution in [3.8, 4) is 0 Å². The number of amides is 1. The van der Waals surface area contributed by atoms with Crippen molar-refractivity contribution in [2.24, 2.45) is 4.99 Å². The first kappa shape index (κ1) is 22.1. The molecule has 0 aromatic heterocycles. The Morgan fingerprint density at radius 2 is 1.71 bits per heavy atom. The van der Waals surface area contributed by atoms with E-state index in [2.05, 4.69) is 35.9 Å². The molecule has 2 fully saturated rings. The first-order valence-electron chi connectivity index (χ1n) is 10.8. The zero-order chi connectivity index (χ0) is 22.2. The minimum atomic E-state index is -3.09. The number of fused-ring (bicyclic) bond motifs is 1. The largest absolute Gasteiger partial charge is 0.315 e. The molecule has 2 aliphatic rings. The summed E-state index contributed by atoms with van der Waals surface area (Å²) in [7, 11) is -3.09. The first-order valence-corrected chi connectivity index (χ1v) is 13.5. The maximum Gasteiger partial charge on any atom is 0.252 e. The molecule has 0 spiro atoms. The van der Waals surface area contributed by atoms with E-state index in [4.69, 9.17) is 0 Å². The van der Waals surface area contributed by atoms with Gasteiger partial charge in [0.1, 0.15) is 0 Å². The lowest BCUT2D eigenvalue weighted by molar-refractivity contribution is -0.117. The van der Waals surface area contributed by atoms with Crippen molar-refractivity contribution in [2.75, 3.05) is 16.4 Å². The highest BCUT2D eigenvalue weighted by atomic mass is 32.2. The molecule has 4 rings (SSSR count). The molecule has 2 aliphatic heterocycles. The van der Waals surface area contributed by atoms with E-state index in [-0.39, 0.29) is 35.1 Å². The van der Waals surface area contributed by atoms with E-state index in [1.807, 2.05) is 37.3 Å². The third-order valence-electron chi connectivity index (χ3n) is 5.97. The van der Waals surface area contributed by atoms with Crippen molar-refractivity contribution in [3.05, 3.63) is 64.7 Å². The Labute approximate surface area is 188 Å². The lowest BCUT2D eigenvalue weighted by Gasteiger charge is -2.29. The van der Waals surface area contributed by atoms with Crippen LogP contribution >= 0.6 is 11.8 Å². The first-order chi connectivity index (χ1) is 14.8. The summed E-state index contributed by atoms with van der Waals surface area (Å²) in [6, 6.07) is 13.9. The molecule has 0 radical (unpaired) electrons. The molecule has 5 nitrogen and oxygen atoms in total. The number of amidine groups is 1. The molecule has 164 valence electrons. The van der Waals surface area contributed by atoms with Crippen LogP contribution in [-0.2, 0) is 33.9 Å². The number of aliphatic imine (C=N–C) groups is 1. The van der Waals surface area contributed by atoms with Crippen LogP contribution in [0.3, 0.4) is 0 Å². The average molecular weight is 457 g/mol. The normalized spacial score (nSPS) is 23.3. The highest BCUT2D eigenvalue weighted by molar-refractivity contribution is 8.16. The molecule has 0 aliphatic carbocycles. The lowest BCUT2D eigenvalue weighted by Crippen LogP contribution is -2.39. The van der Waals surface area contributed by atoms with Gasteiger partial charge in [0.2, 0.25) is 0 Å². The topological polar surface area (TPSA) is 66.8 Å². The van der Waals surface area contributed by atoms with Crippen LogP contribution in [0.25, 0.3) is 0 Å². The van der Waals surface area contributed by atoms with Crippen molar-refractivity contribution in [1.29, 1.82) is 0 Å². The Kier molecular flexibility index (Phi) is 6.26. The number of para-hydroxylation sites is 1. The van der Waals surface area contributed by atoms with E-state index in [1.54, 1.807) is 0 Å². The number of carbonyl (C=O) groups is 1. The highest BCUT2D eigenvalue weighted by Gasteiger charge is 2.50. The van der Waals surface area contributed by atoms with Crippen molar-refractivity contribution in [3.63, 3.8) is 0 Å². The second-order valence-corrected chi connectivity index (χ2v) is 11.6. The fourth-order valence-corrected chi connectivity index (χ4v) is 8.29. The van der Waals surface area contributed by atoms with E-state index in [0.29, 0.717) is 5.17 Å². The van der Waals surface area contributed by atoms with Crippen LogP contribution in [-0.4, -0.2) is 42.3 Å². The summed E-state index contributed by atoms with van der Waals surface area (Å²) in [4.78, 5) is 19.4. The van der Waals surface area contributed by atoms with Crippen LogP contribution in [0, 0.1) is 6.92 Å². The monoisotopic (exact) mass is 456 g/mol. The Balaban J connectivity index is 1.73. The van der Waals surface area contributed by atoms with Crippen LogP contribution in [0.1, 0.15) is 36.1 Å². The number of hydrogen-bond acceptors (Lipinski definition) is 4. The Morgan fingerprint density at radius 1 is 1.06 bits per heavy atom. The van der Waals surface area contributed by atoms with E-state index < -0.39 is 9.84 Å². The molecule has 2 heterocycles. The molecular weight excluding hydrogens is 428 g/mol. The average Bonchev–Trinajstić information content (AvgIpc) is 3.19. The number of hydrogen-bond donors (Lipinski definition) is 0. The molecule has 0 bridgehead atoms. The van der Waals surface area contributed by atoms with Crippen LogP contribution < -0.4 is 4.90 Å². The smallest absolute Gasteiger partial charge is 0.252 e. The van der Waals surface area contributed by atoms with Gasteiger partial charge in [-0.1, -0.05) is 73.6 Å². The number of sulfone groups is 1. The summed E-state index contributed by atoms with van der Waals surface area (Å²) in [5, 5.41) is 0.545. The minimum Gasteiger partial charge on any atom is -0.315 e. The van der Waals surface area contributed by atoms with Gasteiger partial charge in [-0.05, 0) is 36.5 Å². The number of rotatable bonds is 5. The molecule has 2 atom stereocenters. The van der Waals surface area contributed by atoms with Gasteiger partial charge in [-0.25, -0.2) is 8.42 Å². The van der Waals surface area contributed by atoms with E-state index in [1.165, 1.54) is 11.8 Å². The van der Waals surface area contributed by atoms with Gasteiger partial charge in [-0.2, -0.15) is 4.99 Å². The van der Waals surface area contributed by atoms with Gasteiger partial charge in [-0.3, -0.25) is 4.79 Å². The van der Waals surface area contributed by atoms with Gasteiger partial charge in [0.25, 0.3) is 5.91 Å².